The summed E-state index contributed by atoms with van der Waals surface area (Å²) in [7, 11) is 0. The predicted octanol–water partition coefficient (Wildman–Crippen LogP) is 4.73. The van der Waals surface area contributed by atoms with Crippen molar-refractivity contribution in [3.05, 3.63) is 27.2 Å². The Labute approximate surface area is 99.0 Å². The third-order valence-electron chi connectivity index (χ3n) is 2.54. The molecule has 0 aliphatic carbocycles. The van der Waals surface area contributed by atoms with E-state index in [-0.39, 0.29) is 4.75 Å². The molecular formula is C11H12Cl2S. The SMILES string of the molecule is Cc1c(Cl)cc(Cl)c2c1CC(C)(C)S2. The fraction of sp³-hybridized carbons (Fsp3) is 0.455. The molecule has 14 heavy (non-hydrogen) atoms. The quantitative estimate of drug-likeness (QED) is 0.638. The summed E-state index contributed by atoms with van der Waals surface area (Å²) in [4.78, 5) is 1.22. The van der Waals surface area contributed by atoms with Crippen LogP contribution < -0.4 is 0 Å². The maximum absolute atomic E-state index is 6.17. The van der Waals surface area contributed by atoms with Gasteiger partial charge >= 0.3 is 0 Å². The lowest BCUT2D eigenvalue weighted by Crippen LogP contribution is -2.12. The molecule has 1 heterocycles. The van der Waals surface area contributed by atoms with E-state index in [1.165, 1.54) is 16.0 Å². The third-order valence-corrected chi connectivity index (χ3v) is 4.71. The van der Waals surface area contributed by atoms with Gasteiger partial charge in [0, 0.05) is 14.7 Å². The standard InChI is InChI=1S/C11H12Cl2S/c1-6-7-5-11(2,3)14-10(7)9(13)4-8(6)12/h4H,5H2,1-3H3. The summed E-state index contributed by atoms with van der Waals surface area (Å²) in [6.07, 6.45) is 1.05. The molecule has 0 unspecified atom stereocenters. The van der Waals surface area contributed by atoms with Gasteiger partial charge in [-0.2, -0.15) is 0 Å². The highest BCUT2D eigenvalue weighted by molar-refractivity contribution is 8.01. The molecule has 1 aromatic rings. The van der Waals surface area contributed by atoms with E-state index < -0.39 is 0 Å². The highest BCUT2D eigenvalue weighted by Crippen LogP contribution is 2.50. The van der Waals surface area contributed by atoms with Crippen LogP contribution in [0.5, 0.6) is 0 Å². The molecular weight excluding hydrogens is 235 g/mol. The molecule has 0 amide bonds. The third kappa shape index (κ3) is 1.66. The van der Waals surface area contributed by atoms with Gasteiger partial charge in [-0.3, -0.25) is 0 Å². The first-order chi connectivity index (χ1) is 6.41. The van der Waals surface area contributed by atoms with Crippen LogP contribution in [-0.4, -0.2) is 4.75 Å². The smallest absolute Gasteiger partial charge is 0.0559 e. The summed E-state index contributed by atoms with van der Waals surface area (Å²) >= 11 is 14.1. The topological polar surface area (TPSA) is 0 Å². The van der Waals surface area contributed by atoms with Gasteiger partial charge < -0.3 is 0 Å². The van der Waals surface area contributed by atoms with Crippen molar-refractivity contribution in [1.82, 2.24) is 0 Å². The van der Waals surface area contributed by atoms with E-state index in [9.17, 15) is 0 Å². The van der Waals surface area contributed by atoms with Crippen LogP contribution in [0.3, 0.4) is 0 Å². The first-order valence-corrected chi connectivity index (χ1v) is 6.14. The van der Waals surface area contributed by atoms with Gasteiger partial charge in [-0.25, -0.2) is 0 Å². The molecule has 0 saturated heterocycles. The lowest BCUT2D eigenvalue weighted by atomic mass is 9.99. The zero-order valence-electron chi connectivity index (χ0n) is 8.45. The second-order valence-electron chi connectivity index (χ2n) is 4.31. The minimum absolute atomic E-state index is 0.251. The molecule has 0 aromatic heterocycles. The van der Waals surface area contributed by atoms with Crippen molar-refractivity contribution in [2.45, 2.75) is 36.8 Å². The molecule has 0 fully saturated rings. The molecule has 0 N–H and O–H groups in total. The molecule has 0 radical (unpaired) electrons. The molecule has 1 aromatic carbocycles. The average molecular weight is 247 g/mol. The minimum atomic E-state index is 0.251. The number of fused-ring (bicyclic) bond motifs is 1. The lowest BCUT2D eigenvalue weighted by molar-refractivity contribution is 0.721. The van der Waals surface area contributed by atoms with Crippen LogP contribution in [0, 0.1) is 6.92 Å². The van der Waals surface area contributed by atoms with Crippen molar-refractivity contribution >= 4 is 35.0 Å². The predicted molar refractivity (Wildman–Crippen MR) is 64.8 cm³/mol. The van der Waals surface area contributed by atoms with E-state index in [4.69, 9.17) is 23.2 Å². The van der Waals surface area contributed by atoms with Crippen LogP contribution in [0.25, 0.3) is 0 Å². The van der Waals surface area contributed by atoms with Crippen LogP contribution in [0.15, 0.2) is 11.0 Å². The minimum Gasteiger partial charge on any atom is -0.118 e. The van der Waals surface area contributed by atoms with Crippen molar-refractivity contribution in [1.29, 1.82) is 0 Å². The summed E-state index contributed by atoms with van der Waals surface area (Å²) in [5, 5.41) is 1.58. The number of hydrogen-bond donors (Lipinski definition) is 0. The summed E-state index contributed by atoms with van der Waals surface area (Å²) in [6, 6.07) is 1.85. The van der Waals surface area contributed by atoms with Crippen LogP contribution >= 0.6 is 35.0 Å². The number of benzene rings is 1. The van der Waals surface area contributed by atoms with Crippen molar-refractivity contribution < 1.29 is 0 Å². The van der Waals surface area contributed by atoms with Crippen molar-refractivity contribution in [2.75, 3.05) is 0 Å². The Balaban J connectivity index is 2.61. The number of rotatable bonds is 0. The Kier molecular flexibility index (Phi) is 2.53. The number of halogens is 2. The van der Waals surface area contributed by atoms with E-state index in [0.29, 0.717) is 0 Å². The summed E-state index contributed by atoms with van der Waals surface area (Å²) < 4.78 is 0.251. The molecule has 0 bridgehead atoms. The van der Waals surface area contributed by atoms with Crippen molar-refractivity contribution in [3.63, 3.8) is 0 Å². The van der Waals surface area contributed by atoms with Crippen LogP contribution in [-0.2, 0) is 6.42 Å². The Morgan fingerprint density at radius 2 is 1.93 bits per heavy atom. The van der Waals surface area contributed by atoms with Gasteiger partial charge in [-0.15, -0.1) is 11.8 Å². The van der Waals surface area contributed by atoms with Gasteiger partial charge in [-0.1, -0.05) is 37.0 Å². The van der Waals surface area contributed by atoms with Gasteiger partial charge in [-0.05, 0) is 30.5 Å². The monoisotopic (exact) mass is 246 g/mol. The maximum Gasteiger partial charge on any atom is 0.0559 e. The Morgan fingerprint density at radius 1 is 1.29 bits per heavy atom. The molecule has 1 aliphatic rings. The Bertz CT molecular complexity index is 397. The first-order valence-electron chi connectivity index (χ1n) is 4.57. The second kappa shape index (κ2) is 3.33. The number of thioether (sulfide) groups is 1. The molecule has 1 aliphatic heterocycles. The van der Waals surface area contributed by atoms with Gasteiger partial charge in [0.15, 0.2) is 0 Å². The molecule has 0 saturated carbocycles. The summed E-state index contributed by atoms with van der Waals surface area (Å²) in [5.41, 5.74) is 2.52. The highest BCUT2D eigenvalue weighted by Gasteiger charge is 2.32. The van der Waals surface area contributed by atoms with E-state index >= 15 is 0 Å². The Hall–Kier alpha value is 0.150. The van der Waals surface area contributed by atoms with Gasteiger partial charge in [0.1, 0.15) is 0 Å². The molecule has 2 rings (SSSR count). The zero-order chi connectivity index (χ0) is 10.5. The van der Waals surface area contributed by atoms with Crippen LogP contribution in [0.4, 0.5) is 0 Å². The molecule has 76 valence electrons. The van der Waals surface area contributed by atoms with Gasteiger partial charge in [0.2, 0.25) is 0 Å². The van der Waals surface area contributed by atoms with Crippen molar-refractivity contribution in [2.24, 2.45) is 0 Å². The normalized spacial score (nSPS) is 18.4. The van der Waals surface area contributed by atoms with Gasteiger partial charge in [0.25, 0.3) is 0 Å². The van der Waals surface area contributed by atoms with Crippen molar-refractivity contribution in [3.8, 4) is 0 Å². The number of hydrogen-bond acceptors (Lipinski definition) is 1. The van der Waals surface area contributed by atoms with E-state index in [1.807, 2.05) is 17.8 Å². The zero-order valence-corrected chi connectivity index (χ0v) is 10.8. The first kappa shape index (κ1) is 10.7. The second-order valence-corrected chi connectivity index (χ2v) is 6.84. The summed E-state index contributed by atoms with van der Waals surface area (Å²) in [6.45, 7) is 6.54. The van der Waals surface area contributed by atoms with Gasteiger partial charge in [0.05, 0.1) is 5.02 Å². The van der Waals surface area contributed by atoms with Crippen LogP contribution in [0.1, 0.15) is 25.0 Å². The summed E-state index contributed by atoms with van der Waals surface area (Å²) in [5.74, 6) is 0. The average Bonchev–Trinajstić information content (AvgIpc) is 2.38. The molecule has 0 atom stereocenters. The Morgan fingerprint density at radius 3 is 2.57 bits per heavy atom. The fourth-order valence-electron chi connectivity index (χ4n) is 1.80. The van der Waals surface area contributed by atoms with E-state index in [0.717, 1.165) is 16.5 Å². The van der Waals surface area contributed by atoms with Crippen LogP contribution in [0.2, 0.25) is 10.0 Å². The molecule has 0 nitrogen and oxygen atoms in total. The molecule has 0 spiro atoms. The lowest BCUT2D eigenvalue weighted by Gasteiger charge is -2.14. The largest absolute Gasteiger partial charge is 0.118 e. The molecule has 3 heteroatoms. The maximum atomic E-state index is 6.17. The van der Waals surface area contributed by atoms with E-state index in [2.05, 4.69) is 20.8 Å². The highest BCUT2D eigenvalue weighted by atomic mass is 35.5. The fourth-order valence-corrected chi connectivity index (χ4v) is 3.70. The van der Waals surface area contributed by atoms with E-state index in [1.54, 1.807) is 0 Å².